The van der Waals surface area contributed by atoms with E-state index in [4.69, 9.17) is 11.6 Å². The second kappa shape index (κ2) is 6.52. The fourth-order valence-corrected chi connectivity index (χ4v) is 1.73. The van der Waals surface area contributed by atoms with Crippen molar-refractivity contribution in [3.63, 3.8) is 0 Å². The van der Waals surface area contributed by atoms with Crippen molar-refractivity contribution in [2.24, 2.45) is 5.92 Å². The average Bonchev–Trinajstić information content (AvgIpc) is 2.41. The third-order valence-electron chi connectivity index (χ3n) is 2.55. The number of halogens is 2. The maximum Gasteiger partial charge on any atom is 0.141 e. The van der Waals surface area contributed by atoms with Gasteiger partial charge < -0.3 is 10.6 Å². The van der Waals surface area contributed by atoms with E-state index < -0.39 is 5.82 Å². The van der Waals surface area contributed by atoms with Crippen molar-refractivity contribution < 1.29 is 4.39 Å². The summed E-state index contributed by atoms with van der Waals surface area (Å²) >= 11 is 5.74. The molecule has 0 unspecified atom stereocenters. The van der Waals surface area contributed by atoms with Gasteiger partial charge in [0.1, 0.15) is 23.8 Å². The summed E-state index contributed by atoms with van der Waals surface area (Å²) in [6.45, 7) is 5.07. The van der Waals surface area contributed by atoms with Crippen molar-refractivity contribution >= 4 is 28.9 Å². The van der Waals surface area contributed by atoms with E-state index in [1.54, 1.807) is 12.1 Å². The smallest absolute Gasteiger partial charge is 0.141 e. The molecule has 2 rings (SSSR count). The molecule has 0 aliphatic heterocycles. The Bertz CT molecular complexity index is 589. The van der Waals surface area contributed by atoms with Crippen molar-refractivity contribution in [3.8, 4) is 0 Å². The van der Waals surface area contributed by atoms with E-state index in [0.29, 0.717) is 17.4 Å². The molecule has 0 atom stereocenters. The maximum absolute atomic E-state index is 13.1. The van der Waals surface area contributed by atoms with Gasteiger partial charge in [0.15, 0.2) is 0 Å². The first-order chi connectivity index (χ1) is 9.54. The Morgan fingerprint density at radius 2 is 1.95 bits per heavy atom. The number of rotatable bonds is 5. The number of anilines is 3. The summed E-state index contributed by atoms with van der Waals surface area (Å²) in [5.41, 5.74) is 0.671. The monoisotopic (exact) mass is 294 g/mol. The molecule has 0 saturated heterocycles. The normalized spacial score (nSPS) is 10.7. The molecule has 0 amide bonds. The molecule has 1 aromatic heterocycles. The van der Waals surface area contributed by atoms with E-state index in [-0.39, 0.29) is 5.02 Å². The van der Waals surface area contributed by atoms with Crippen molar-refractivity contribution in [2.75, 3.05) is 17.2 Å². The van der Waals surface area contributed by atoms with Crippen molar-refractivity contribution in [1.29, 1.82) is 0 Å². The van der Waals surface area contributed by atoms with Crippen LogP contribution in [0.15, 0.2) is 30.6 Å². The second-order valence-electron chi connectivity index (χ2n) is 4.82. The standard InChI is InChI=1S/C14H16ClFN4/c1-9(2)7-17-13-6-14(19-8-18-13)20-10-3-4-12(16)11(15)5-10/h3-6,8-9H,7H2,1-2H3,(H2,17,18,19,20). The summed E-state index contributed by atoms with van der Waals surface area (Å²) in [5, 5.41) is 6.34. The molecule has 2 N–H and O–H groups in total. The molecule has 2 aromatic rings. The Balaban J connectivity index is 2.08. The van der Waals surface area contributed by atoms with Gasteiger partial charge in [0.2, 0.25) is 0 Å². The van der Waals surface area contributed by atoms with Crippen molar-refractivity contribution in [3.05, 3.63) is 41.4 Å². The van der Waals surface area contributed by atoms with Gasteiger partial charge in [0.25, 0.3) is 0 Å². The minimum Gasteiger partial charge on any atom is -0.370 e. The van der Waals surface area contributed by atoms with Crippen LogP contribution >= 0.6 is 11.6 Å². The Hall–Kier alpha value is -1.88. The molecular formula is C14H16ClFN4. The van der Waals surface area contributed by atoms with E-state index in [9.17, 15) is 4.39 Å². The first-order valence-electron chi connectivity index (χ1n) is 6.32. The minimum atomic E-state index is -0.445. The summed E-state index contributed by atoms with van der Waals surface area (Å²) in [6, 6.07) is 6.22. The molecule has 0 aliphatic carbocycles. The number of nitrogens with one attached hydrogen (secondary N) is 2. The van der Waals surface area contributed by atoms with Gasteiger partial charge in [-0.25, -0.2) is 14.4 Å². The van der Waals surface area contributed by atoms with Gasteiger partial charge in [0, 0.05) is 18.3 Å². The van der Waals surface area contributed by atoms with Gasteiger partial charge in [0.05, 0.1) is 5.02 Å². The molecule has 4 nitrogen and oxygen atoms in total. The van der Waals surface area contributed by atoms with Crippen LogP contribution in [0.25, 0.3) is 0 Å². The van der Waals surface area contributed by atoms with Crippen LogP contribution in [-0.4, -0.2) is 16.5 Å². The van der Waals surface area contributed by atoms with Crippen LogP contribution in [0, 0.1) is 11.7 Å². The summed E-state index contributed by atoms with van der Waals surface area (Å²) in [4.78, 5) is 8.25. The van der Waals surface area contributed by atoms with E-state index >= 15 is 0 Å². The van der Waals surface area contributed by atoms with Crippen LogP contribution in [0.5, 0.6) is 0 Å². The molecule has 1 aromatic carbocycles. The minimum absolute atomic E-state index is 0.0715. The lowest BCUT2D eigenvalue weighted by atomic mass is 10.2. The van der Waals surface area contributed by atoms with E-state index in [1.807, 2.05) is 0 Å². The van der Waals surface area contributed by atoms with Gasteiger partial charge in [-0.1, -0.05) is 25.4 Å². The topological polar surface area (TPSA) is 49.8 Å². The zero-order chi connectivity index (χ0) is 14.5. The lowest BCUT2D eigenvalue weighted by Crippen LogP contribution is -2.09. The van der Waals surface area contributed by atoms with Gasteiger partial charge in [-0.15, -0.1) is 0 Å². The van der Waals surface area contributed by atoms with E-state index in [0.717, 1.165) is 12.4 Å². The number of aromatic nitrogens is 2. The van der Waals surface area contributed by atoms with Gasteiger partial charge in [-0.3, -0.25) is 0 Å². The predicted octanol–water partition coefficient (Wildman–Crippen LogP) is 4.08. The molecule has 6 heteroatoms. The van der Waals surface area contributed by atoms with Crippen LogP contribution in [0.4, 0.5) is 21.7 Å². The number of benzene rings is 1. The second-order valence-corrected chi connectivity index (χ2v) is 5.22. The Morgan fingerprint density at radius 1 is 1.20 bits per heavy atom. The SMILES string of the molecule is CC(C)CNc1cc(Nc2ccc(F)c(Cl)c2)ncn1. The number of nitrogens with zero attached hydrogens (tertiary/aromatic N) is 2. The van der Waals surface area contributed by atoms with Gasteiger partial charge >= 0.3 is 0 Å². The fraction of sp³-hybridized carbons (Fsp3) is 0.286. The third-order valence-corrected chi connectivity index (χ3v) is 2.84. The Kier molecular flexibility index (Phi) is 4.74. The molecule has 0 bridgehead atoms. The summed E-state index contributed by atoms with van der Waals surface area (Å²) in [5.74, 6) is 1.44. The van der Waals surface area contributed by atoms with E-state index in [1.165, 1.54) is 18.5 Å². The Labute approximate surface area is 122 Å². The summed E-state index contributed by atoms with van der Waals surface area (Å²) in [7, 11) is 0. The van der Waals surface area contributed by atoms with Crippen LogP contribution in [0.3, 0.4) is 0 Å². The lowest BCUT2D eigenvalue weighted by Gasteiger charge is -2.10. The fourth-order valence-electron chi connectivity index (χ4n) is 1.55. The quantitative estimate of drug-likeness (QED) is 0.872. The molecule has 0 fully saturated rings. The molecule has 0 saturated carbocycles. The summed E-state index contributed by atoms with van der Waals surface area (Å²) in [6.07, 6.45) is 1.47. The number of hydrogen-bond acceptors (Lipinski definition) is 4. The van der Waals surface area contributed by atoms with Crippen molar-refractivity contribution in [1.82, 2.24) is 9.97 Å². The number of hydrogen-bond donors (Lipinski definition) is 2. The van der Waals surface area contributed by atoms with Gasteiger partial charge in [-0.2, -0.15) is 0 Å². The first kappa shape index (κ1) is 14.5. The molecule has 106 valence electrons. The largest absolute Gasteiger partial charge is 0.370 e. The first-order valence-corrected chi connectivity index (χ1v) is 6.70. The van der Waals surface area contributed by atoms with Crippen molar-refractivity contribution in [2.45, 2.75) is 13.8 Å². The van der Waals surface area contributed by atoms with Crippen LogP contribution in [-0.2, 0) is 0 Å². The highest BCUT2D eigenvalue weighted by Crippen LogP contribution is 2.22. The highest BCUT2D eigenvalue weighted by atomic mass is 35.5. The molecule has 0 aliphatic rings. The maximum atomic E-state index is 13.1. The molecule has 0 spiro atoms. The zero-order valence-electron chi connectivity index (χ0n) is 11.3. The molecule has 20 heavy (non-hydrogen) atoms. The Morgan fingerprint density at radius 3 is 2.65 bits per heavy atom. The van der Waals surface area contributed by atoms with E-state index in [2.05, 4.69) is 34.4 Å². The molecular weight excluding hydrogens is 279 g/mol. The molecule has 1 heterocycles. The molecule has 0 radical (unpaired) electrons. The predicted molar refractivity (Wildman–Crippen MR) is 80.1 cm³/mol. The average molecular weight is 295 g/mol. The highest BCUT2D eigenvalue weighted by molar-refractivity contribution is 6.31. The third kappa shape index (κ3) is 4.06. The van der Waals surface area contributed by atoms with Gasteiger partial charge in [-0.05, 0) is 24.1 Å². The summed E-state index contributed by atoms with van der Waals surface area (Å²) < 4.78 is 13.1. The van der Waals surface area contributed by atoms with Crippen LogP contribution in [0.1, 0.15) is 13.8 Å². The lowest BCUT2D eigenvalue weighted by molar-refractivity contribution is 0.628. The van der Waals surface area contributed by atoms with Crippen LogP contribution < -0.4 is 10.6 Å². The highest BCUT2D eigenvalue weighted by Gasteiger charge is 2.03. The van der Waals surface area contributed by atoms with Crippen LogP contribution in [0.2, 0.25) is 5.02 Å². The zero-order valence-corrected chi connectivity index (χ0v) is 12.1.